The maximum Gasteiger partial charge on any atom is 0.251 e. The van der Waals surface area contributed by atoms with Crippen molar-refractivity contribution < 1.29 is 9.59 Å². The first-order valence-corrected chi connectivity index (χ1v) is 8.78. The van der Waals surface area contributed by atoms with Crippen LogP contribution in [0.15, 0.2) is 54.6 Å². The van der Waals surface area contributed by atoms with Crippen molar-refractivity contribution in [3.63, 3.8) is 0 Å². The Morgan fingerprint density at radius 1 is 1.08 bits per heavy atom. The highest BCUT2D eigenvalue weighted by atomic mass is 16.2. The molecule has 1 aliphatic rings. The van der Waals surface area contributed by atoms with E-state index < -0.39 is 0 Å². The predicted octanol–water partition coefficient (Wildman–Crippen LogP) is 2.52. The van der Waals surface area contributed by atoms with Gasteiger partial charge in [-0.05, 0) is 36.6 Å². The zero-order valence-corrected chi connectivity index (χ0v) is 14.5. The summed E-state index contributed by atoms with van der Waals surface area (Å²) in [6.07, 6.45) is 1.90. The van der Waals surface area contributed by atoms with Gasteiger partial charge >= 0.3 is 0 Å². The van der Waals surface area contributed by atoms with Crippen LogP contribution in [0.5, 0.6) is 0 Å². The van der Waals surface area contributed by atoms with Crippen molar-refractivity contribution >= 4 is 11.8 Å². The molecule has 0 atom stereocenters. The van der Waals surface area contributed by atoms with Gasteiger partial charge in [0.15, 0.2) is 0 Å². The third-order valence-corrected chi connectivity index (χ3v) is 4.63. The first-order valence-electron chi connectivity index (χ1n) is 8.78. The van der Waals surface area contributed by atoms with Gasteiger partial charge in [0, 0.05) is 24.7 Å². The molecule has 0 aromatic heterocycles. The summed E-state index contributed by atoms with van der Waals surface area (Å²) in [6.45, 7) is 1.30. The van der Waals surface area contributed by atoms with E-state index in [0.29, 0.717) is 30.6 Å². The van der Waals surface area contributed by atoms with Gasteiger partial charge in [-0.15, -0.1) is 0 Å². The molecular weight excluding hydrogens is 326 g/mol. The van der Waals surface area contributed by atoms with E-state index in [1.165, 1.54) is 0 Å². The summed E-state index contributed by atoms with van der Waals surface area (Å²) in [5, 5.41) is 11.9. The van der Waals surface area contributed by atoms with Crippen LogP contribution in [0.1, 0.15) is 34.3 Å². The largest absolute Gasteiger partial charge is 0.349 e. The molecule has 2 amide bonds. The summed E-state index contributed by atoms with van der Waals surface area (Å²) in [6, 6.07) is 18.5. The van der Waals surface area contributed by atoms with Crippen LogP contribution in [0, 0.1) is 11.3 Å². The van der Waals surface area contributed by atoms with E-state index in [4.69, 9.17) is 5.26 Å². The van der Waals surface area contributed by atoms with Gasteiger partial charge in [-0.2, -0.15) is 5.26 Å². The highest BCUT2D eigenvalue weighted by molar-refractivity contribution is 5.94. The molecule has 2 aromatic carbocycles. The van der Waals surface area contributed by atoms with Gasteiger partial charge < -0.3 is 10.2 Å². The second kappa shape index (κ2) is 8.30. The molecule has 0 radical (unpaired) electrons. The van der Waals surface area contributed by atoms with E-state index in [9.17, 15) is 9.59 Å². The fourth-order valence-electron chi connectivity index (χ4n) is 3.15. The van der Waals surface area contributed by atoms with E-state index in [-0.39, 0.29) is 17.9 Å². The van der Waals surface area contributed by atoms with Gasteiger partial charge in [-0.3, -0.25) is 9.59 Å². The monoisotopic (exact) mass is 347 g/mol. The Hall–Kier alpha value is -3.13. The number of piperidine rings is 1. The normalized spacial score (nSPS) is 14.5. The van der Waals surface area contributed by atoms with Gasteiger partial charge in [-0.1, -0.05) is 36.4 Å². The molecule has 5 nitrogen and oxygen atoms in total. The molecule has 0 saturated carbocycles. The molecule has 0 bridgehead atoms. The Kier molecular flexibility index (Phi) is 5.65. The number of likely N-dealkylation sites (tertiary alicyclic amines) is 1. The molecule has 132 valence electrons. The third kappa shape index (κ3) is 4.48. The number of carbonyl (C=O) groups excluding carboxylic acids is 2. The first kappa shape index (κ1) is 17.7. The van der Waals surface area contributed by atoms with Crippen LogP contribution < -0.4 is 5.32 Å². The van der Waals surface area contributed by atoms with Crippen LogP contribution in [0.3, 0.4) is 0 Å². The number of nitrogens with zero attached hydrogens (tertiary/aromatic N) is 2. The highest BCUT2D eigenvalue weighted by Crippen LogP contribution is 2.14. The van der Waals surface area contributed by atoms with Gasteiger partial charge in [0.1, 0.15) is 0 Å². The fourth-order valence-corrected chi connectivity index (χ4v) is 3.15. The van der Waals surface area contributed by atoms with Crippen LogP contribution in [0.4, 0.5) is 0 Å². The van der Waals surface area contributed by atoms with E-state index in [1.54, 1.807) is 24.3 Å². The Morgan fingerprint density at radius 3 is 2.50 bits per heavy atom. The zero-order valence-electron chi connectivity index (χ0n) is 14.5. The lowest BCUT2D eigenvalue weighted by molar-refractivity contribution is -0.131. The number of nitrogens with one attached hydrogen (secondary N) is 1. The Balaban J connectivity index is 1.49. The highest BCUT2D eigenvalue weighted by Gasteiger charge is 2.24. The minimum absolute atomic E-state index is 0.0500. The first-order chi connectivity index (χ1) is 12.7. The number of benzene rings is 2. The van der Waals surface area contributed by atoms with Crippen molar-refractivity contribution in [1.82, 2.24) is 10.2 Å². The smallest absolute Gasteiger partial charge is 0.251 e. The van der Waals surface area contributed by atoms with Gasteiger partial charge in [0.05, 0.1) is 18.1 Å². The summed E-state index contributed by atoms with van der Waals surface area (Å²) in [5.41, 5.74) is 1.98. The average Bonchev–Trinajstić information content (AvgIpc) is 2.69. The fraction of sp³-hybridized carbons (Fsp3) is 0.286. The third-order valence-electron chi connectivity index (χ3n) is 4.63. The SMILES string of the molecule is N#Cc1cccc(C(=O)NC2CCN(C(=O)Cc3ccccc3)CC2)c1. The van der Waals surface area contributed by atoms with Crippen molar-refractivity contribution in [3.8, 4) is 6.07 Å². The van der Waals surface area contributed by atoms with Crippen molar-refractivity contribution in [2.45, 2.75) is 25.3 Å². The van der Waals surface area contributed by atoms with Gasteiger partial charge in [0.2, 0.25) is 5.91 Å². The summed E-state index contributed by atoms with van der Waals surface area (Å²) >= 11 is 0. The number of carbonyl (C=O) groups is 2. The molecule has 1 fully saturated rings. The maximum absolute atomic E-state index is 12.4. The van der Waals surface area contributed by atoms with Crippen LogP contribution in [-0.2, 0) is 11.2 Å². The van der Waals surface area contributed by atoms with Crippen molar-refractivity contribution in [2.24, 2.45) is 0 Å². The molecule has 0 spiro atoms. The standard InChI is InChI=1S/C21H21N3O2/c22-15-17-7-4-8-18(13-17)21(26)23-19-9-11-24(12-10-19)20(25)14-16-5-2-1-3-6-16/h1-8,13,19H,9-12,14H2,(H,23,26). The molecule has 3 rings (SSSR count). The minimum atomic E-state index is -0.170. The van der Waals surface area contributed by atoms with Crippen LogP contribution >= 0.6 is 0 Å². The number of hydrogen-bond donors (Lipinski definition) is 1. The number of amides is 2. The lowest BCUT2D eigenvalue weighted by Crippen LogP contribution is -2.47. The lowest BCUT2D eigenvalue weighted by atomic mass is 10.0. The topological polar surface area (TPSA) is 73.2 Å². The van der Waals surface area contributed by atoms with E-state index in [0.717, 1.165) is 18.4 Å². The van der Waals surface area contributed by atoms with Crippen molar-refractivity contribution in [2.75, 3.05) is 13.1 Å². The Morgan fingerprint density at radius 2 is 1.81 bits per heavy atom. The molecular formula is C21H21N3O2. The number of nitriles is 1. The second-order valence-electron chi connectivity index (χ2n) is 6.48. The molecule has 2 aromatic rings. The molecule has 1 heterocycles. The quantitative estimate of drug-likeness (QED) is 0.924. The number of hydrogen-bond acceptors (Lipinski definition) is 3. The minimum Gasteiger partial charge on any atom is -0.349 e. The van der Waals surface area contributed by atoms with Crippen LogP contribution in [0.2, 0.25) is 0 Å². The molecule has 0 unspecified atom stereocenters. The molecule has 26 heavy (non-hydrogen) atoms. The number of rotatable bonds is 4. The molecule has 0 aliphatic carbocycles. The summed E-state index contributed by atoms with van der Waals surface area (Å²) in [4.78, 5) is 26.6. The summed E-state index contributed by atoms with van der Waals surface area (Å²) in [7, 11) is 0. The van der Waals surface area contributed by atoms with Crippen molar-refractivity contribution in [3.05, 3.63) is 71.3 Å². The second-order valence-corrected chi connectivity index (χ2v) is 6.48. The van der Waals surface area contributed by atoms with E-state index in [1.807, 2.05) is 41.3 Å². The van der Waals surface area contributed by atoms with Gasteiger partial charge in [0.25, 0.3) is 5.91 Å². The molecule has 1 aliphatic heterocycles. The summed E-state index contributed by atoms with van der Waals surface area (Å²) in [5.74, 6) is -0.0427. The van der Waals surface area contributed by atoms with E-state index in [2.05, 4.69) is 5.32 Å². The zero-order chi connectivity index (χ0) is 18.4. The van der Waals surface area contributed by atoms with Gasteiger partial charge in [-0.25, -0.2) is 0 Å². The van der Waals surface area contributed by atoms with Crippen molar-refractivity contribution in [1.29, 1.82) is 5.26 Å². The Labute approximate surface area is 153 Å². The Bertz CT molecular complexity index is 819. The molecule has 5 heteroatoms. The lowest BCUT2D eigenvalue weighted by Gasteiger charge is -2.32. The average molecular weight is 347 g/mol. The van der Waals surface area contributed by atoms with Crippen LogP contribution in [0.25, 0.3) is 0 Å². The summed E-state index contributed by atoms with van der Waals surface area (Å²) < 4.78 is 0. The van der Waals surface area contributed by atoms with E-state index >= 15 is 0 Å². The molecule has 1 saturated heterocycles. The maximum atomic E-state index is 12.4. The predicted molar refractivity (Wildman–Crippen MR) is 98.4 cm³/mol. The molecule has 1 N–H and O–H groups in total. The van der Waals surface area contributed by atoms with Crippen LogP contribution in [-0.4, -0.2) is 35.8 Å².